The Labute approximate surface area is 168 Å². The molecular weight excluding hydrogens is 396 g/mol. The van der Waals surface area contributed by atoms with Gasteiger partial charge in [0.1, 0.15) is 0 Å². The molecule has 6 nitrogen and oxygen atoms in total. The van der Waals surface area contributed by atoms with E-state index in [9.17, 15) is 16.8 Å². The largest absolute Gasteiger partial charge is 0.243 e. The van der Waals surface area contributed by atoms with E-state index in [1.54, 1.807) is 62.5 Å². The van der Waals surface area contributed by atoms with E-state index < -0.39 is 20.0 Å². The summed E-state index contributed by atoms with van der Waals surface area (Å²) in [5.41, 5.74) is 1.59. The first-order valence-electron chi connectivity index (χ1n) is 9.12. The lowest BCUT2D eigenvalue weighted by molar-refractivity contribution is 0.410. The highest BCUT2D eigenvalue weighted by molar-refractivity contribution is 7.89. The molecule has 0 saturated heterocycles. The van der Waals surface area contributed by atoms with Gasteiger partial charge in [0.15, 0.2) is 0 Å². The van der Waals surface area contributed by atoms with Crippen LogP contribution in [0.3, 0.4) is 0 Å². The van der Waals surface area contributed by atoms with E-state index >= 15 is 0 Å². The Balaban J connectivity index is 2.02. The van der Waals surface area contributed by atoms with E-state index in [1.807, 2.05) is 19.9 Å². The molecule has 0 amide bonds. The number of benzene rings is 2. The van der Waals surface area contributed by atoms with Gasteiger partial charge in [0, 0.05) is 19.1 Å². The predicted molar refractivity (Wildman–Crippen MR) is 112 cm³/mol. The molecule has 1 unspecified atom stereocenters. The van der Waals surface area contributed by atoms with Gasteiger partial charge in [0.2, 0.25) is 20.0 Å². The van der Waals surface area contributed by atoms with Crippen molar-refractivity contribution in [2.45, 2.75) is 49.9 Å². The maximum atomic E-state index is 12.5. The molecular formula is C20H28N2O4S2. The van der Waals surface area contributed by atoms with E-state index in [-0.39, 0.29) is 22.7 Å². The molecule has 0 aliphatic carbocycles. The minimum atomic E-state index is -3.53. The number of nitrogens with one attached hydrogen (secondary N) is 1. The Morgan fingerprint density at radius 1 is 0.857 bits per heavy atom. The summed E-state index contributed by atoms with van der Waals surface area (Å²) in [6.45, 7) is 5.42. The molecule has 0 bridgehead atoms. The maximum absolute atomic E-state index is 12.5. The van der Waals surface area contributed by atoms with Gasteiger partial charge in [-0.25, -0.2) is 21.6 Å². The minimum Gasteiger partial charge on any atom is -0.212 e. The first kappa shape index (κ1) is 22.5. The van der Waals surface area contributed by atoms with Gasteiger partial charge >= 0.3 is 0 Å². The summed E-state index contributed by atoms with van der Waals surface area (Å²) in [5.74, 6) is -0.0725. The second-order valence-electron chi connectivity index (χ2n) is 7.23. The molecule has 0 fully saturated rings. The van der Waals surface area contributed by atoms with Crippen molar-refractivity contribution in [3.63, 3.8) is 0 Å². The van der Waals surface area contributed by atoms with Crippen LogP contribution in [0.4, 0.5) is 0 Å². The van der Waals surface area contributed by atoms with E-state index in [2.05, 4.69) is 4.72 Å². The Bertz CT molecular complexity index is 971. The average Bonchev–Trinajstić information content (AvgIpc) is 2.61. The Kier molecular flexibility index (Phi) is 7.39. The number of rotatable bonds is 9. The third-order valence-electron chi connectivity index (χ3n) is 4.45. The summed E-state index contributed by atoms with van der Waals surface area (Å²) >= 11 is 0. The van der Waals surface area contributed by atoms with Crippen LogP contribution in [0.15, 0.2) is 59.5 Å². The number of hydrogen-bond acceptors (Lipinski definition) is 4. The summed E-state index contributed by atoms with van der Waals surface area (Å²) in [4.78, 5) is 0.227. The van der Waals surface area contributed by atoms with Crippen LogP contribution in [-0.4, -0.2) is 40.3 Å². The molecule has 1 N–H and O–H groups in total. The SMILES string of the molecule is CC(Cc1ccc(S(=O)(=O)N(C)C(C)C)cc1)NS(=O)(=O)Cc1ccccc1. The van der Waals surface area contributed by atoms with Crippen LogP contribution in [0, 0.1) is 0 Å². The van der Waals surface area contributed by atoms with Crippen LogP contribution in [0.25, 0.3) is 0 Å². The lowest BCUT2D eigenvalue weighted by Gasteiger charge is -2.21. The molecule has 154 valence electrons. The average molecular weight is 425 g/mol. The van der Waals surface area contributed by atoms with Crippen molar-refractivity contribution in [1.29, 1.82) is 0 Å². The highest BCUT2D eigenvalue weighted by atomic mass is 32.2. The van der Waals surface area contributed by atoms with Crippen LogP contribution < -0.4 is 4.72 Å². The van der Waals surface area contributed by atoms with E-state index in [0.717, 1.165) is 11.1 Å². The molecule has 0 aromatic heterocycles. The van der Waals surface area contributed by atoms with Gasteiger partial charge in [-0.1, -0.05) is 42.5 Å². The quantitative estimate of drug-likeness (QED) is 0.671. The van der Waals surface area contributed by atoms with Crippen LogP contribution in [0.1, 0.15) is 31.9 Å². The maximum Gasteiger partial charge on any atom is 0.243 e. The van der Waals surface area contributed by atoms with Crippen LogP contribution in [0.5, 0.6) is 0 Å². The van der Waals surface area contributed by atoms with Gasteiger partial charge < -0.3 is 0 Å². The summed E-state index contributed by atoms with van der Waals surface area (Å²) in [6.07, 6.45) is 0.467. The van der Waals surface area contributed by atoms with Gasteiger partial charge in [0.25, 0.3) is 0 Å². The van der Waals surface area contributed by atoms with Crippen molar-refractivity contribution in [3.8, 4) is 0 Å². The Morgan fingerprint density at radius 3 is 1.96 bits per heavy atom. The Morgan fingerprint density at radius 2 is 1.43 bits per heavy atom. The van der Waals surface area contributed by atoms with Crippen molar-refractivity contribution >= 4 is 20.0 Å². The van der Waals surface area contributed by atoms with E-state index in [0.29, 0.717) is 6.42 Å². The fraction of sp³-hybridized carbons (Fsp3) is 0.400. The lowest BCUT2D eigenvalue weighted by Crippen LogP contribution is -2.35. The topological polar surface area (TPSA) is 83.6 Å². The van der Waals surface area contributed by atoms with Gasteiger partial charge in [-0.2, -0.15) is 4.31 Å². The number of sulfonamides is 2. The second-order valence-corrected chi connectivity index (χ2v) is 11.0. The zero-order valence-corrected chi connectivity index (χ0v) is 18.3. The molecule has 2 rings (SSSR count). The molecule has 28 heavy (non-hydrogen) atoms. The minimum absolute atomic E-state index is 0.0725. The smallest absolute Gasteiger partial charge is 0.212 e. The summed E-state index contributed by atoms with van der Waals surface area (Å²) in [7, 11) is -5.43. The van der Waals surface area contributed by atoms with Gasteiger partial charge in [-0.15, -0.1) is 0 Å². The van der Waals surface area contributed by atoms with Crippen LogP contribution in [-0.2, 0) is 32.2 Å². The van der Waals surface area contributed by atoms with E-state index in [1.165, 1.54) is 4.31 Å². The molecule has 8 heteroatoms. The molecule has 0 saturated carbocycles. The van der Waals surface area contributed by atoms with E-state index in [4.69, 9.17) is 0 Å². The van der Waals surface area contributed by atoms with Crippen molar-refractivity contribution in [3.05, 3.63) is 65.7 Å². The number of nitrogens with zero attached hydrogens (tertiary/aromatic N) is 1. The Hall–Kier alpha value is -1.74. The first-order chi connectivity index (χ1) is 13.0. The number of hydrogen-bond donors (Lipinski definition) is 1. The summed E-state index contributed by atoms with van der Waals surface area (Å²) in [5, 5.41) is 0. The second kappa shape index (κ2) is 9.17. The molecule has 0 aliphatic heterocycles. The van der Waals surface area contributed by atoms with Crippen LogP contribution >= 0.6 is 0 Å². The molecule has 0 radical (unpaired) electrons. The van der Waals surface area contributed by atoms with Gasteiger partial charge in [-0.05, 0) is 50.5 Å². The zero-order chi connectivity index (χ0) is 20.9. The fourth-order valence-electron chi connectivity index (χ4n) is 2.78. The molecule has 0 heterocycles. The molecule has 2 aromatic carbocycles. The molecule has 0 aliphatic rings. The third kappa shape index (κ3) is 6.13. The first-order valence-corrected chi connectivity index (χ1v) is 12.2. The van der Waals surface area contributed by atoms with Crippen LogP contribution in [0.2, 0.25) is 0 Å². The van der Waals surface area contributed by atoms with Gasteiger partial charge in [-0.3, -0.25) is 0 Å². The lowest BCUT2D eigenvalue weighted by atomic mass is 10.1. The van der Waals surface area contributed by atoms with Crippen molar-refractivity contribution < 1.29 is 16.8 Å². The molecule has 0 spiro atoms. The normalized spacial score (nSPS) is 13.8. The van der Waals surface area contributed by atoms with Crippen molar-refractivity contribution in [2.24, 2.45) is 0 Å². The summed E-state index contributed by atoms with van der Waals surface area (Å²) < 4.78 is 53.7. The standard InChI is InChI=1S/C20H28N2O4S2/c1-16(2)22(4)28(25,26)20-12-10-18(11-13-20)14-17(3)21-27(23,24)15-19-8-6-5-7-9-19/h5-13,16-17,21H,14-15H2,1-4H3. The summed E-state index contributed by atoms with van der Waals surface area (Å²) in [6, 6.07) is 15.1. The highest BCUT2D eigenvalue weighted by Crippen LogP contribution is 2.18. The third-order valence-corrected chi connectivity index (χ3v) is 7.97. The predicted octanol–water partition coefficient (Wildman–Crippen LogP) is 2.77. The van der Waals surface area contributed by atoms with Crippen molar-refractivity contribution in [2.75, 3.05) is 7.05 Å². The van der Waals surface area contributed by atoms with Crippen molar-refractivity contribution in [1.82, 2.24) is 9.03 Å². The highest BCUT2D eigenvalue weighted by Gasteiger charge is 2.23. The zero-order valence-electron chi connectivity index (χ0n) is 16.7. The molecule has 1 atom stereocenters. The fourth-order valence-corrected chi connectivity index (χ4v) is 5.56. The molecule has 2 aromatic rings. The monoisotopic (exact) mass is 424 g/mol. The van der Waals surface area contributed by atoms with Gasteiger partial charge in [0.05, 0.1) is 10.6 Å².